The molecule has 1 aliphatic heterocycles. The van der Waals surface area contributed by atoms with Gasteiger partial charge in [0.25, 0.3) is 10.0 Å². The van der Waals surface area contributed by atoms with E-state index in [2.05, 4.69) is 4.98 Å². The molecular weight excluding hydrogens is 308 g/mol. The van der Waals surface area contributed by atoms with E-state index in [1.165, 1.54) is 22.6 Å². The summed E-state index contributed by atoms with van der Waals surface area (Å²) in [4.78, 5) is 4.04. The van der Waals surface area contributed by atoms with Crippen molar-refractivity contribution in [2.45, 2.75) is 30.7 Å². The lowest BCUT2D eigenvalue weighted by atomic mass is 9.99. The fourth-order valence-corrected chi connectivity index (χ4v) is 4.43. The number of pyridine rings is 1. The van der Waals surface area contributed by atoms with Crippen molar-refractivity contribution in [1.29, 1.82) is 0 Å². The highest BCUT2D eigenvalue weighted by atomic mass is 35.5. The molecule has 0 spiro atoms. The number of hydrogen-bond donors (Lipinski definition) is 0. The Bertz CT molecular complexity index is 759. The second-order valence-electron chi connectivity index (χ2n) is 5.13. The Kier molecular flexibility index (Phi) is 3.63. The second kappa shape index (κ2) is 5.31. The van der Waals surface area contributed by atoms with Gasteiger partial charge in [-0.3, -0.25) is 4.31 Å². The highest BCUT2D eigenvalue weighted by Gasteiger charge is 2.33. The van der Waals surface area contributed by atoms with Gasteiger partial charge in [-0.2, -0.15) is 0 Å². The summed E-state index contributed by atoms with van der Waals surface area (Å²) < 4.78 is 27.3. The zero-order valence-electron chi connectivity index (χ0n) is 11.5. The molecule has 0 bridgehead atoms. The molecular formula is C15H15ClN2O2S. The summed E-state index contributed by atoms with van der Waals surface area (Å²) in [6, 6.07) is 10.5. The number of sulfonamides is 1. The van der Waals surface area contributed by atoms with Crippen LogP contribution in [0.5, 0.6) is 0 Å². The fourth-order valence-electron chi connectivity index (χ4n) is 2.65. The van der Waals surface area contributed by atoms with Crippen LogP contribution in [0.3, 0.4) is 0 Å². The number of hydrogen-bond acceptors (Lipinski definition) is 3. The van der Waals surface area contributed by atoms with Gasteiger partial charge in [0.05, 0.1) is 5.69 Å². The van der Waals surface area contributed by atoms with Crippen molar-refractivity contribution in [3.63, 3.8) is 0 Å². The smallest absolute Gasteiger partial charge is 0.263 e. The van der Waals surface area contributed by atoms with Gasteiger partial charge < -0.3 is 0 Å². The van der Waals surface area contributed by atoms with Crippen molar-refractivity contribution < 1.29 is 8.42 Å². The molecule has 4 nitrogen and oxygen atoms in total. The number of nitrogens with zero attached hydrogens (tertiary/aromatic N) is 2. The van der Waals surface area contributed by atoms with Crippen LogP contribution in [-0.4, -0.2) is 19.4 Å². The van der Waals surface area contributed by atoms with E-state index in [1.807, 2.05) is 31.2 Å². The molecule has 21 heavy (non-hydrogen) atoms. The minimum Gasteiger partial charge on any atom is -0.263 e. The minimum atomic E-state index is -3.63. The first-order chi connectivity index (χ1) is 10.00. The Morgan fingerprint density at radius 2 is 2.00 bits per heavy atom. The summed E-state index contributed by atoms with van der Waals surface area (Å²) in [5.41, 5.74) is 1.81. The van der Waals surface area contributed by atoms with Crippen molar-refractivity contribution >= 4 is 27.3 Å². The molecule has 0 fully saturated rings. The van der Waals surface area contributed by atoms with Crippen molar-refractivity contribution in [2.75, 3.05) is 4.31 Å². The third-order valence-electron chi connectivity index (χ3n) is 3.72. The predicted molar refractivity (Wildman–Crippen MR) is 83.1 cm³/mol. The monoisotopic (exact) mass is 322 g/mol. The minimum absolute atomic E-state index is 0.0828. The molecule has 2 aromatic rings. The number of aromatic nitrogens is 1. The number of aryl methyl sites for hydroxylation is 1. The lowest BCUT2D eigenvalue weighted by molar-refractivity contribution is 0.563. The zero-order valence-corrected chi connectivity index (χ0v) is 13.1. The summed E-state index contributed by atoms with van der Waals surface area (Å²) in [6.45, 7) is 1.93. The van der Waals surface area contributed by atoms with Crippen LogP contribution in [0.25, 0.3) is 0 Å². The maximum absolute atomic E-state index is 12.9. The third kappa shape index (κ3) is 2.51. The topological polar surface area (TPSA) is 50.3 Å². The quantitative estimate of drug-likeness (QED) is 0.797. The molecule has 0 saturated carbocycles. The first kappa shape index (κ1) is 14.4. The number of rotatable bonds is 2. The SMILES string of the molecule is CC1CCc2ccccc2N1S(=O)(=O)c1ccc(Cl)nc1. The highest BCUT2D eigenvalue weighted by Crippen LogP contribution is 2.35. The fraction of sp³-hybridized carbons (Fsp3) is 0.267. The Balaban J connectivity index is 2.12. The summed E-state index contributed by atoms with van der Waals surface area (Å²) in [7, 11) is -3.63. The first-order valence-electron chi connectivity index (χ1n) is 6.74. The Labute approximate surface area is 129 Å². The second-order valence-corrected chi connectivity index (χ2v) is 7.34. The number of anilines is 1. The van der Waals surface area contributed by atoms with Gasteiger partial charge >= 0.3 is 0 Å². The van der Waals surface area contributed by atoms with Crippen LogP contribution in [-0.2, 0) is 16.4 Å². The molecule has 0 N–H and O–H groups in total. The van der Waals surface area contributed by atoms with E-state index in [0.717, 1.165) is 24.1 Å². The van der Waals surface area contributed by atoms with Gasteiger partial charge in [-0.25, -0.2) is 13.4 Å². The normalized spacial score (nSPS) is 18.4. The van der Waals surface area contributed by atoms with E-state index in [-0.39, 0.29) is 16.1 Å². The summed E-state index contributed by atoms with van der Waals surface area (Å²) in [5, 5.41) is 0.279. The molecule has 0 radical (unpaired) electrons. The molecule has 1 aliphatic rings. The maximum atomic E-state index is 12.9. The van der Waals surface area contributed by atoms with Crippen molar-refractivity contribution in [2.24, 2.45) is 0 Å². The number of benzene rings is 1. The van der Waals surface area contributed by atoms with Gasteiger partial charge in [-0.1, -0.05) is 29.8 Å². The molecule has 1 aromatic heterocycles. The van der Waals surface area contributed by atoms with Crippen LogP contribution in [0.4, 0.5) is 5.69 Å². The van der Waals surface area contributed by atoms with Gasteiger partial charge in [-0.15, -0.1) is 0 Å². The number of para-hydroxylation sites is 1. The van der Waals surface area contributed by atoms with Crippen LogP contribution in [0, 0.1) is 0 Å². The van der Waals surface area contributed by atoms with Gasteiger partial charge in [0.15, 0.2) is 0 Å². The lowest BCUT2D eigenvalue weighted by Crippen LogP contribution is -2.42. The van der Waals surface area contributed by atoms with Crippen LogP contribution < -0.4 is 4.31 Å². The van der Waals surface area contributed by atoms with Gasteiger partial charge in [0, 0.05) is 12.2 Å². The lowest BCUT2D eigenvalue weighted by Gasteiger charge is -2.35. The van der Waals surface area contributed by atoms with Gasteiger partial charge in [0.2, 0.25) is 0 Å². The average molecular weight is 323 g/mol. The molecule has 3 rings (SSSR count). The molecule has 110 valence electrons. The Morgan fingerprint density at radius 1 is 1.24 bits per heavy atom. The highest BCUT2D eigenvalue weighted by molar-refractivity contribution is 7.92. The van der Waals surface area contributed by atoms with Crippen LogP contribution in [0.1, 0.15) is 18.9 Å². The zero-order chi connectivity index (χ0) is 15.0. The molecule has 0 aliphatic carbocycles. The molecule has 0 saturated heterocycles. The largest absolute Gasteiger partial charge is 0.266 e. The molecule has 6 heteroatoms. The van der Waals surface area contributed by atoms with Gasteiger partial charge in [-0.05, 0) is 43.5 Å². The molecule has 1 unspecified atom stereocenters. The molecule has 1 aromatic carbocycles. The summed E-state index contributed by atoms with van der Waals surface area (Å²) >= 11 is 5.74. The predicted octanol–water partition coefficient (Wildman–Crippen LogP) is 3.27. The van der Waals surface area contributed by atoms with Crippen molar-refractivity contribution in [1.82, 2.24) is 4.98 Å². The Morgan fingerprint density at radius 3 is 2.71 bits per heavy atom. The van der Waals surface area contributed by atoms with Crippen molar-refractivity contribution in [3.05, 3.63) is 53.3 Å². The first-order valence-corrected chi connectivity index (χ1v) is 8.56. The Hall–Kier alpha value is -1.59. The third-order valence-corrected chi connectivity index (χ3v) is 5.85. The summed E-state index contributed by atoms with van der Waals surface area (Å²) in [5.74, 6) is 0. The van der Waals surface area contributed by atoms with E-state index < -0.39 is 10.0 Å². The molecule has 1 atom stereocenters. The molecule has 2 heterocycles. The standard InChI is InChI=1S/C15H15ClN2O2S/c1-11-6-7-12-4-2-3-5-14(12)18(11)21(19,20)13-8-9-15(16)17-10-13/h2-5,8-11H,6-7H2,1H3. The van der Waals surface area contributed by atoms with Crippen LogP contribution in [0.15, 0.2) is 47.5 Å². The van der Waals surface area contributed by atoms with E-state index in [1.54, 1.807) is 0 Å². The summed E-state index contributed by atoms with van der Waals surface area (Å²) in [6.07, 6.45) is 3.00. The van der Waals surface area contributed by atoms with Crippen LogP contribution in [0.2, 0.25) is 5.15 Å². The average Bonchev–Trinajstić information content (AvgIpc) is 2.47. The van der Waals surface area contributed by atoms with E-state index in [9.17, 15) is 8.42 Å². The number of fused-ring (bicyclic) bond motifs is 1. The number of halogens is 1. The van der Waals surface area contributed by atoms with Crippen LogP contribution >= 0.6 is 11.6 Å². The molecule has 0 amide bonds. The maximum Gasteiger partial charge on any atom is 0.266 e. The van der Waals surface area contributed by atoms with E-state index >= 15 is 0 Å². The van der Waals surface area contributed by atoms with E-state index in [4.69, 9.17) is 11.6 Å². The van der Waals surface area contributed by atoms with E-state index in [0.29, 0.717) is 0 Å². The van der Waals surface area contributed by atoms with Crippen molar-refractivity contribution in [3.8, 4) is 0 Å². The van der Waals surface area contributed by atoms with Gasteiger partial charge in [0.1, 0.15) is 10.0 Å².